The Labute approximate surface area is 88.2 Å². The molecule has 0 aromatic heterocycles. The molecule has 1 aromatic carbocycles. The normalized spacial score (nSPS) is 10.0. The van der Waals surface area contributed by atoms with Gasteiger partial charge in [-0.2, -0.15) is 0 Å². The van der Waals surface area contributed by atoms with Crippen LogP contribution in [0.5, 0.6) is 17.2 Å². The molecule has 0 aliphatic rings. The second kappa shape index (κ2) is 4.42. The van der Waals surface area contributed by atoms with Crippen LogP contribution >= 0.6 is 11.6 Å². The third kappa shape index (κ3) is 1.73. The number of benzene rings is 1. The van der Waals surface area contributed by atoms with Crippen LogP contribution in [0.4, 0.5) is 0 Å². The molecule has 14 heavy (non-hydrogen) atoms. The maximum atomic E-state index is 9.56. The molecule has 0 unspecified atom stereocenters. The van der Waals surface area contributed by atoms with Crippen LogP contribution in [0.15, 0.2) is 6.07 Å². The number of hydrogen-bond donors (Lipinski definition) is 1. The molecule has 1 N–H and O–H groups in total. The summed E-state index contributed by atoms with van der Waals surface area (Å²) in [6.07, 6.45) is 0.737. The van der Waals surface area contributed by atoms with E-state index in [1.807, 2.05) is 6.92 Å². The van der Waals surface area contributed by atoms with Gasteiger partial charge in [-0.05, 0) is 18.1 Å². The number of ether oxygens (including phenoxy) is 2. The second-order valence-electron chi connectivity index (χ2n) is 2.79. The summed E-state index contributed by atoms with van der Waals surface area (Å²) in [4.78, 5) is 0. The van der Waals surface area contributed by atoms with E-state index in [1.165, 1.54) is 14.2 Å². The first kappa shape index (κ1) is 11.0. The van der Waals surface area contributed by atoms with Gasteiger partial charge < -0.3 is 14.6 Å². The average Bonchev–Trinajstić information content (AvgIpc) is 2.17. The molecule has 0 saturated carbocycles. The topological polar surface area (TPSA) is 38.7 Å². The van der Waals surface area contributed by atoms with Crippen molar-refractivity contribution >= 4 is 11.6 Å². The van der Waals surface area contributed by atoms with Gasteiger partial charge in [-0.1, -0.05) is 18.5 Å². The van der Waals surface area contributed by atoms with Crippen LogP contribution in [0.3, 0.4) is 0 Å². The fourth-order valence-electron chi connectivity index (χ4n) is 1.33. The number of aryl methyl sites for hydroxylation is 1. The first-order valence-electron chi connectivity index (χ1n) is 4.28. The van der Waals surface area contributed by atoms with Crippen LogP contribution < -0.4 is 9.47 Å². The zero-order valence-electron chi connectivity index (χ0n) is 8.43. The Morgan fingerprint density at radius 3 is 2.29 bits per heavy atom. The lowest BCUT2D eigenvalue weighted by atomic mass is 10.1. The summed E-state index contributed by atoms with van der Waals surface area (Å²) in [7, 11) is 2.99. The Bertz CT molecular complexity index is 337. The zero-order valence-corrected chi connectivity index (χ0v) is 9.18. The molecular formula is C10H13ClO3. The fraction of sp³-hybridized carbons (Fsp3) is 0.400. The van der Waals surface area contributed by atoms with Crippen LogP contribution in [-0.2, 0) is 6.42 Å². The van der Waals surface area contributed by atoms with E-state index in [-0.39, 0.29) is 11.5 Å². The van der Waals surface area contributed by atoms with E-state index in [2.05, 4.69) is 0 Å². The van der Waals surface area contributed by atoms with E-state index in [4.69, 9.17) is 21.1 Å². The molecule has 1 rings (SSSR count). The molecule has 1 aromatic rings. The van der Waals surface area contributed by atoms with Crippen molar-refractivity contribution in [1.29, 1.82) is 0 Å². The van der Waals surface area contributed by atoms with Crippen molar-refractivity contribution in [3.63, 3.8) is 0 Å². The van der Waals surface area contributed by atoms with Crippen LogP contribution in [-0.4, -0.2) is 19.3 Å². The molecule has 0 bridgehead atoms. The van der Waals surface area contributed by atoms with Crippen molar-refractivity contribution in [2.45, 2.75) is 13.3 Å². The van der Waals surface area contributed by atoms with Crippen molar-refractivity contribution in [2.24, 2.45) is 0 Å². The van der Waals surface area contributed by atoms with Gasteiger partial charge in [0.2, 0.25) is 0 Å². The summed E-state index contributed by atoms with van der Waals surface area (Å²) in [5.74, 6) is 0.847. The SMILES string of the molecule is CCc1cc(O)c(OC)c(Cl)c1OC. The highest BCUT2D eigenvalue weighted by atomic mass is 35.5. The van der Waals surface area contributed by atoms with Crippen molar-refractivity contribution in [3.05, 3.63) is 16.7 Å². The lowest BCUT2D eigenvalue weighted by molar-refractivity contribution is 0.363. The molecule has 0 radical (unpaired) electrons. The number of hydrogen-bond acceptors (Lipinski definition) is 3. The summed E-state index contributed by atoms with van der Waals surface area (Å²) in [6.45, 7) is 1.96. The Morgan fingerprint density at radius 2 is 1.86 bits per heavy atom. The minimum absolute atomic E-state index is 0.0372. The lowest BCUT2D eigenvalue weighted by Gasteiger charge is -2.13. The molecule has 0 aliphatic carbocycles. The number of halogens is 1. The monoisotopic (exact) mass is 216 g/mol. The zero-order chi connectivity index (χ0) is 10.7. The maximum absolute atomic E-state index is 9.56. The van der Waals surface area contributed by atoms with Gasteiger partial charge in [0.25, 0.3) is 0 Å². The number of aromatic hydroxyl groups is 1. The van der Waals surface area contributed by atoms with E-state index < -0.39 is 0 Å². The Kier molecular flexibility index (Phi) is 3.47. The third-order valence-corrected chi connectivity index (χ3v) is 2.37. The van der Waals surface area contributed by atoms with E-state index in [0.29, 0.717) is 10.8 Å². The average molecular weight is 217 g/mol. The van der Waals surface area contributed by atoms with E-state index >= 15 is 0 Å². The largest absolute Gasteiger partial charge is 0.504 e. The van der Waals surface area contributed by atoms with Crippen LogP contribution in [0.25, 0.3) is 0 Å². The summed E-state index contributed by atoms with van der Waals surface area (Å²) in [5, 5.41) is 9.87. The van der Waals surface area contributed by atoms with E-state index in [1.54, 1.807) is 6.07 Å². The third-order valence-electron chi connectivity index (χ3n) is 2.02. The Balaban J connectivity index is 3.39. The molecule has 0 amide bonds. The summed E-state index contributed by atoms with van der Waals surface area (Å²) < 4.78 is 10.1. The standard InChI is InChI=1S/C10H13ClO3/c1-4-6-5-7(12)10(14-3)8(11)9(6)13-2/h5,12H,4H2,1-3H3. The molecule has 0 saturated heterocycles. The molecule has 0 heterocycles. The molecule has 4 heteroatoms. The molecule has 0 aliphatic heterocycles. The quantitative estimate of drug-likeness (QED) is 0.844. The van der Waals surface area contributed by atoms with E-state index in [9.17, 15) is 5.11 Å². The fourth-order valence-corrected chi connectivity index (χ4v) is 1.70. The minimum Gasteiger partial charge on any atom is -0.504 e. The first-order chi connectivity index (χ1) is 6.65. The van der Waals surface area contributed by atoms with Crippen LogP contribution in [0.1, 0.15) is 12.5 Å². The van der Waals surface area contributed by atoms with Gasteiger partial charge in [-0.15, -0.1) is 0 Å². The van der Waals surface area contributed by atoms with Gasteiger partial charge in [0, 0.05) is 0 Å². The molecule has 3 nitrogen and oxygen atoms in total. The summed E-state index contributed by atoms with van der Waals surface area (Å²) in [5.41, 5.74) is 0.857. The molecular weight excluding hydrogens is 204 g/mol. The van der Waals surface area contributed by atoms with Gasteiger partial charge in [-0.3, -0.25) is 0 Å². The smallest absolute Gasteiger partial charge is 0.183 e. The number of phenols is 1. The Morgan fingerprint density at radius 1 is 1.29 bits per heavy atom. The molecule has 0 spiro atoms. The maximum Gasteiger partial charge on any atom is 0.183 e. The Hall–Kier alpha value is -1.09. The summed E-state index contributed by atoms with van der Waals surface area (Å²) in [6, 6.07) is 1.60. The molecule has 78 valence electrons. The summed E-state index contributed by atoms with van der Waals surface area (Å²) >= 11 is 5.99. The van der Waals surface area contributed by atoms with Crippen molar-refractivity contribution in [1.82, 2.24) is 0 Å². The van der Waals surface area contributed by atoms with Gasteiger partial charge in [0.05, 0.1) is 14.2 Å². The van der Waals surface area contributed by atoms with Crippen molar-refractivity contribution < 1.29 is 14.6 Å². The lowest BCUT2D eigenvalue weighted by Crippen LogP contribution is -1.95. The van der Waals surface area contributed by atoms with Gasteiger partial charge in [0.15, 0.2) is 11.5 Å². The predicted molar refractivity (Wildman–Crippen MR) is 55.6 cm³/mol. The predicted octanol–water partition coefficient (Wildman–Crippen LogP) is 2.63. The van der Waals surface area contributed by atoms with Crippen LogP contribution in [0, 0.1) is 0 Å². The van der Waals surface area contributed by atoms with Gasteiger partial charge in [-0.25, -0.2) is 0 Å². The first-order valence-corrected chi connectivity index (χ1v) is 4.65. The van der Waals surface area contributed by atoms with Gasteiger partial charge in [0.1, 0.15) is 10.8 Å². The van der Waals surface area contributed by atoms with Gasteiger partial charge >= 0.3 is 0 Å². The van der Waals surface area contributed by atoms with Crippen molar-refractivity contribution in [3.8, 4) is 17.2 Å². The second-order valence-corrected chi connectivity index (χ2v) is 3.17. The highest BCUT2D eigenvalue weighted by molar-refractivity contribution is 6.34. The molecule has 0 fully saturated rings. The molecule has 0 atom stereocenters. The highest BCUT2D eigenvalue weighted by Gasteiger charge is 2.16. The van der Waals surface area contributed by atoms with Crippen molar-refractivity contribution in [2.75, 3.05) is 14.2 Å². The van der Waals surface area contributed by atoms with E-state index in [0.717, 1.165) is 12.0 Å². The number of phenolic OH excluding ortho intramolecular Hbond substituents is 1. The number of rotatable bonds is 3. The van der Waals surface area contributed by atoms with Crippen LogP contribution in [0.2, 0.25) is 5.02 Å². The number of methoxy groups -OCH3 is 2. The minimum atomic E-state index is 0.0372. The highest BCUT2D eigenvalue weighted by Crippen LogP contribution is 2.43.